The minimum absolute atomic E-state index is 0.00261. The highest BCUT2D eigenvalue weighted by Gasteiger charge is 2.32. The van der Waals surface area contributed by atoms with Crippen LogP contribution in [0.15, 0.2) is 53.8 Å². The van der Waals surface area contributed by atoms with E-state index in [-0.39, 0.29) is 33.7 Å². The van der Waals surface area contributed by atoms with Crippen LogP contribution in [0.4, 0.5) is 13.2 Å². The van der Waals surface area contributed by atoms with E-state index in [1.165, 1.54) is 19.2 Å². The molecule has 0 saturated heterocycles. The Kier molecular flexibility index (Phi) is 9.12. The second kappa shape index (κ2) is 11.4. The van der Waals surface area contributed by atoms with Crippen molar-refractivity contribution >= 4 is 46.3 Å². The Hall–Kier alpha value is -2.55. The SMILES string of the molecule is CO/C=C(/C(=O)O)c1ccccc1COc1cc(Cl)c(OCC=C(Cl)C(F)(F)F)c(Cl)c1. The maximum absolute atomic E-state index is 12.4. The van der Waals surface area contributed by atoms with Gasteiger partial charge in [0.15, 0.2) is 5.75 Å². The van der Waals surface area contributed by atoms with Crippen molar-refractivity contribution in [2.75, 3.05) is 13.7 Å². The summed E-state index contributed by atoms with van der Waals surface area (Å²) in [6, 6.07) is 9.40. The van der Waals surface area contributed by atoms with Gasteiger partial charge in [-0.3, -0.25) is 0 Å². The molecule has 32 heavy (non-hydrogen) atoms. The first-order valence-corrected chi connectivity index (χ1v) is 9.90. The summed E-state index contributed by atoms with van der Waals surface area (Å²) in [4.78, 5) is 11.5. The van der Waals surface area contributed by atoms with Crippen LogP contribution >= 0.6 is 34.8 Å². The molecule has 0 fully saturated rings. The van der Waals surface area contributed by atoms with E-state index in [4.69, 9.17) is 49.0 Å². The molecule has 0 unspecified atom stereocenters. The summed E-state index contributed by atoms with van der Waals surface area (Å²) in [5, 5.41) is 8.09. The Bertz CT molecular complexity index is 1010. The Morgan fingerprint density at radius 3 is 2.31 bits per heavy atom. The predicted octanol–water partition coefficient (Wildman–Crippen LogP) is 6.71. The fourth-order valence-corrected chi connectivity index (χ4v) is 3.13. The van der Waals surface area contributed by atoms with E-state index < -0.39 is 23.8 Å². The van der Waals surface area contributed by atoms with Gasteiger partial charge in [0.25, 0.3) is 0 Å². The number of aliphatic carboxylic acids is 1. The summed E-state index contributed by atoms with van der Waals surface area (Å²) in [7, 11) is 1.34. The van der Waals surface area contributed by atoms with Crippen LogP contribution in [0, 0.1) is 0 Å². The molecule has 0 amide bonds. The second-order valence-corrected chi connectivity index (χ2v) is 7.32. The maximum atomic E-state index is 12.4. The topological polar surface area (TPSA) is 65.0 Å². The van der Waals surface area contributed by atoms with E-state index in [0.29, 0.717) is 17.2 Å². The minimum Gasteiger partial charge on any atom is -0.503 e. The smallest absolute Gasteiger partial charge is 0.426 e. The van der Waals surface area contributed by atoms with Crippen molar-refractivity contribution < 1.29 is 37.3 Å². The highest BCUT2D eigenvalue weighted by Crippen LogP contribution is 2.37. The van der Waals surface area contributed by atoms with Gasteiger partial charge in [0, 0.05) is 12.1 Å². The van der Waals surface area contributed by atoms with Crippen molar-refractivity contribution in [2.24, 2.45) is 0 Å². The van der Waals surface area contributed by atoms with Crippen molar-refractivity contribution in [2.45, 2.75) is 12.8 Å². The quantitative estimate of drug-likeness (QED) is 0.299. The summed E-state index contributed by atoms with van der Waals surface area (Å²) < 4.78 is 52.9. The fourth-order valence-electron chi connectivity index (χ4n) is 2.49. The summed E-state index contributed by atoms with van der Waals surface area (Å²) >= 11 is 17.4. The van der Waals surface area contributed by atoms with Crippen molar-refractivity contribution in [3.63, 3.8) is 0 Å². The molecule has 0 aromatic heterocycles. The van der Waals surface area contributed by atoms with Crippen LogP contribution in [0.2, 0.25) is 10.0 Å². The third-order valence-electron chi connectivity index (χ3n) is 3.90. The van der Waals surface area contributed by atoms with Crippen molar-refractivity contribution in [3.05, 3.63) is 74.9 Å². The van der Waals surface area contributed by atoms with Gasteiger partial charge in [-0.05, 0) is 17.2 Å². The van der Waals surface area contributed by atoms with E-state index in [1.54, 1.807) is 24.3 Å². The Morgan fingerprint density at radius 2 is 1.75 bits per heavy atom. The number of alkyl halides is 3. The molecule has 2 aromatic carbocycles. The van der Waals surface area contributed by atoms with Gasteiger partial charge in [0.2, 0.25) is 0 Å². The first-order valence-electron chi connectivity index (χ1n) is 8.76. The lowest BCUT2D eigenvalue weighted by molar-refractivity contribution is -0.130. The molecule has 0 aliphatic rings. The number of carboxylic acid groups (broad SMARTS) is 1. The lowest BCUT2D eigenvalue weighted by Crippen LogP contribution is -2.08. The number of hydrogen-bond donors (Lipinski definition) is 1. The molecule has 0 spiro atoms. The van der Waals surface area contributed by atoms with E-state index in [9.17, 15) is 23.1 Å². The van der Waals surface area contributed by atoms with Crippen LogP contribution in [0.3, 0.4) is 0 Å². The largest absolute Gasteiger partial charge is 0.503 e. The Balaban J connectivity index is 2.16. The first kappa shape index (κ1) is 25.7. The van der Waals surface area contributed by atoms with Crippen molar-refractivity contribution in [1.82, 2.24) is 0 Å². The first-order chi connectivity index (χ1) is 15.0. The minimum atomic E-state index is -4.68. The molecular weight excluding hydrogens is 496 g/mol. The molecule has 0 radical (unpaired) electrons. The van der Waals surface area contributed by atoms with Crippen LogP contribution in [-0.4, -0.2) is 31.0 Å². The summed E-state index contributed by atoms with van der Waals surface area (Å²) in [5.41, 5.74) is 0.891. The number of hydrogen-bond acceptors (Lipinski definition) is 4. The van der Waals surface area contributed by atoms with Gasteiger partial charge in [-0.25, -0.2) is 4.79 Å². The molecule has 0 saturated carbocycles. The molecule has 0 heterocycles. The molecule has 0 atom stereocenters. The van der Waals surface area contributed by atoms with E-state index >= 15 is 0 Å². The van der Waals surface area contributed by atoms with Gasteiger partial charge >= 0.3 is 12.1 Å². The van der Waals surface area contributed by atoms with Crippen molar-refractivity contribution in [1.29, 1.82) is 0 Å². The average molecular weight is 512 g/mol. The number of halogens is 6. The third-order valence-corrected chi connectivity index (χ3v) is 4.83. The second-order valence-electron chi connectivity index (χ2n) is 6.10. The highest BCUT2D eigenvalue weighted by molar-refractivity contribution is 6.37. The van der Waals surface area contributed by atoms with Gasteiger partial charge in [-0.2, -0.15) is 13.2 Å². The molecular formula is C21H16Cl3F3O5. The average Bonchev–Trinajstić information content (AvgIpc) is 2.71. The van der Waals surface area contributed by atoms with E-state index in [2.05, 4.69) is 0 Å². The fraction of sp³-hybridized carbons (Fsp3) is 0.190. The van der Waals surface area contributed by atoms with E-state index in [1.807, 2.05) is 0 Å². The van der Waals surface area contributed by atoms with E-state index in [0.717, 1.165) is 6.26 Å². The van der Waals surface area contributed by atoms with Gasteiger partial charge in [-0.15, -0.1) is 0 Å². The monoisotopic (exact) mass is 510 g/mol. The van der Waals surface area contributed by atoms with Gasteiger partial charge < -0.3 is 19.3 Å². The Morgan fingerprint density at radius 1 is 1.12 bits per heavy atom. The number of ether oxygens (including phenoxy) is 3. The lowest BCUT2D eigenvalue weighted by atomic mass is 10.0. The normalized spacial score (nSPS) is 12.5. The molecule has 0 aliphatic carbocycles. The predicted molar refractivity (Wildman–Crippen MR) is 115 cm³/mol. The number of rotatable bonds is 9. The zero-order valence-electron chi connectivity index (χ0n) is 16.4. The van der Waals surface area contributed by atoms with Crippen LogP contribution < -0.4 is 9.47 Å². The summed E-state index contributed by atoms with van der Waals surface area (Å²) in [6.45, 7) is -0.531. The van der Waals surface area contributed by atoms with Crippen LogP contribution in [0.5, 0.6) is 11.5 Å². The van der Waals surface area contributed by atoms with Gasteiger partial charge in [0.05, 0.1) is 23.4 Å². The zero-order valence-corrected chi connectivity index (χ0v) is 18.6. The molecule has 1 N–H and O–H groups in total. The molecule has 172 valence electrons. The molecule has 0 bridgehead atoms. The number of carboxylic acids is 1. The molecule has 5 nitrogen and oxygen atoms in total. The number of allylic oxidation sites excluding steroid dienone is 1. The standard InChI is InChI=1S/C21H16Cl3F3O5/c1-30-11-15(20(28)29)14-5-3-2-4-12(14)10-32-13-8-16(22)19(17(23)9-13)31-7-6-18(24)21(25,26)27/h2-6,8-9,11H,7,10H2,1H3,(H,28,29)/b15-11+,18-6?. The van der Waals surface area contributed by atoms with Crippen LogP contribution in [-0.2, 0) is 16.1 Å². The molecule has 0 aliphatic heterocycles. The summed E-state index contributed by atoms with van der Waals surface area (Å²) in [6.07, 6.45) is -2.92. The zero-order chi connectivity index (χ0) is 23.9. The lowest BCUT2D eigenvalue weighted by Gasteiger charge is -2.14. The summed E-state index contributed by atoms with van der Waals surface area (Å²) in [5.74, 6) is -0.981. The highest BCUT2D eigenvalue weighted by atomic mass is 35.5. The Labute approximate surface area is 196 Å². The van der Waals surface area contributed by atoms with Crippen LogP contribution in [0.1, 0.15) is 11.1 Å². The number of benzene rings is 2. The third kappa shape index (κ3) is 6.98. The maximum Gasteiger partial charge on any atom is 0.426 e. The number of carbonyl (C=O) groups is 1. The molecule has 2 aromatic rings. The van der Waals surface area contributed by atoms with Gasteiger partial charge in [0.1, 0.15) is 29.6 Å². The molecule has 2 rings (SSSR count). The van der Waals surface area contributed by atoms with Gasteiger partial charge in [-0.1, -0.05) is 59.1 Å². The van der Waals surface area contributed by atoms with Crippen molar-refractivity contribution in [3.8, 4) is 11.5 Å². The number of methoxy groups -OCH3 is 1. The molecule has 11 heteroatoms. The van der Waals surface area contributed by atoms with Crippen LogP contribution in [0.25, 0.3) is 5.57 Å².